The van der Waals surface area contributed by atoms with Gasteiger partial charge in [-0.05, 0) is 35.8 Å². The van der Waals surface area contributed by atoms with E-state index in [0.717, 1.165) is 11.8 Å². The molecule has 0 bridgehead atoms. The third kappa shape index (κ3) is 5.71. The van der Waals surface area contributed by atoms with E-state index in [0.29, 0.717) is 0 Å². The van der Waals surface area contributed by atoms with Crippen molar-refractivity contribution in [3.63, 3.8) is 0 Å². The molecule has 0 radical (unpaired) electrons. The lowest BCUT2D eigenvalue weighted by Crippen LogP contribution is -2.01. The number of hydrogen-bond acceptors (Lipinski definition) is 0. The van der Waals surface area contributed by atoms with Crippen molar-refractivity contribution in [2.45, 2.75) is 66.2 Å². The average Bonchev–Trinajstić information content (AvgIpc) is 2.32. The smallest absolute Gasteiger partial charge is 0.0253 e. The van der Waals surface area contributed by atoms with Crippen molar-refractivity contribution in [2.75, 3.05) is 0 Å². The molecular weight excluding hydrogens is 216 g/mol. The van der Waals surface area contributed by atoms with Crippen LogP contribution in [0, 0.1) is 11.8 Å². The van der Waals surface area contributed by atoms with Gasteiger partial charge < -0.3 is 0 Å². The first-order valence-electron chi connectivity index (χ1n) is 7.73. The van der Waals surface area contributed by atoms with Gasteiger partial charge in [-0.15, -0.1) is 0 Å². The second-order valence-electron chi connectivity index (χ2n) is 6.01. The van der Waals surface area contributed by atoms with Gasteiger partial charge in [-0.25, -0.2) is 0 Å². The summed E-state index contributed by atoms with van der Waals surface area (Å²) in [6.07, 6.45) is 7.75. The monoisotopic (exact) mass is 246 g/mol. The maximum absolute atomic E-state index is 2.36. The molecule has 1 aromatic rings. The van der Waals surface area contributed by atoms with Gasteiger partial charge in [-0.2, -0.15) is 0 Å². The first-order chi connectivity index (χ1) is 8.65. The van der Waals surface area contributed by atoms with Crippen LogP contribution in [0.1, 0.15) is 64.5 Å². The largest absolute Gasteiger partial charge is 0.0654 e. The molecule has 0 saturated carbocycles. The Labute approximate surface area is 114 Å². The molecule has 18 heavy (non-hydrogen) atoms. The molecule has 2 unspecified atom stereocenters. The van der Waals surface area contributed by atoms with E-state index < -0.39 is 0 Å². The van der Waals surface area contributed by atoms with Gasteiger partial charge in [0.2, 0.25) is 0 Å². The lowest BCUT2D eigenvalue weighted by Gasteiger charge is -2.12. The minimum absolute atomic E-state index is 0.819. The second kappa shape index (κ2) is 8.34. The summed E-state index contributed by atoms with van der Waals surface area (Å²) in [6.45, 7) is 9.27. The molecule has 1 aromatic carbocycles. The highest BCUT2D eigenvalue weighted by Crippen LogP contribution is 2.17. The van der Waals surface area contributed by atoms with Crippen LogP contribution >= 0.6 is 0 Å². The molecule has 0 aromatic heterocycles. The molecule has 0 amide bonds. The van der Waals surface area contributed by atoms with Crippen molar-refractivity contribution in [1.82, 2.24) is 0 Å². The third-order valence-electron chi connectivity index (χ3n) is 3.75. The van der Waals surface area contributed by atoms with Crippen molar-refractivity contribution in [1.29, 1.82) is 0 Å². The molecule has 1 rings (SSSR count). The summed E-state index contributed by atoms with van der Waals surface area (Å²) in [5, 5.41) is 0. The predicted octanol–water partition coefficient (Wildman–Crippen LogP) is 5.64. The first-order valence-corrected chi connectivity index (χ1v) is 7.73. The zero-order valence-corrected chi connectivity index (χ0v) is 12.7. The van der Waals surface area contributed by atoms with Crippen LogP contribution in [0.2, 0.25) is 0 Å². The van der Waals surface area contributed by atoms with Crippen LogP contribution < -0.4 is 0 Å². The summed E-state index contributed by atoms with van der Waals surface area (Å²) in [5.41, 5.74) is 3.01. The fourth-order valence-corrected chi connectivity index (χ4v) is 2.81. The lowest BCUT2D eigenvalue weighted by atomic mass is 9.93. The Hall–Kier alpha value is -0.780. The summed E-state index contributed by atoms with van der Waals surface area (Å²) >= 11 is 0. The van der Waals surface area contributed by atoms with Crippen LogP contribution in [0.25, 0.3) is 0 Å². The second-order valence-corrected chi connectivity index (χ2v) is 6.01. The molecule has 0 spiro atoms. The quantitative estimate of drug-likeness (QED) is 0.556. The summed E-state index contributed by atoms with van der Waals surface area (Å²) in [7, 11) is 0. The van der Waals surface area contributed by atoms with Gasteiger partial charge in [0.25, 0.3) is 0 Å². The van der Waals surface area contributed by atoms with Gasteiger partial charge in [0.15, 0.2) is 0 Å². The summed E-state index contributed by atoms with van der Waals surface area (Å²) in [5.74, 6) is 1.64. The lowest BCUT2D eigenvalue weighted by molar-refractivity contribution is 0.519. The van der Waals surface area contributed by atoms with Crippen molar-refractivity contribution in [2.24, 2.45) is 11.8 Å². The maximum Gasteiger partial charge on any atom is -0.0253 e. The standard InChI is InChI=1S/C18H30/c1-5-7-15(3)13-17-9-11-18(12-10-17)14-16(4)8-6-2/h9-12,15-16H,5-8,13-14H2,1-4H3. The van der Waals surface area contributed by atoms with Crippen LogP contribution in [-0.4, -0.2) is 0 Å². The van der Waals surface area contributed by atoms with Gasteiger partial charge in [0.05, 0.1) is 0 Å². The summed E-state index contributed by atoms with van der Waals surface area (Å²) < 4.78 is 0. The van der Waals surface area contributed by atoms with E-state index in [9.17, 15) is 0 Å². The normalized spacial score (nSPS) is 14.4. The Kier molecular flexibility index (Phi) is 7.08. The van der Waals surface area contributed by atoms with E-state index >= 15 is 0 Å². The van der Waals surface area contributed by atoms with Gasteiger partial charge in [0, 0.05) is 0 Å². The van der Waals surface area contributed by atoms with E-state index in [1.807, 2.05) is 0 Å². The zero-order chi connectivity index (χ0) is 13.4. The van der Waals surface area contributed by atoms with Crippen LogP contribution in [0.4, 0.5) is 0 Å². The van der Waals surface area contributed by atoms with Crippen molar-refractivity contribution >= 4 is 0 Å². The van der Waals surface area contributed by atoms with E-state index in [-0.39, 0.29) is 0 Å². The Morgan fingerprint density at radius 3 is 1.33 bits per heavy atom. The molecule has 0 fully saturated rings. The highest BCUT2D eigenvalue weighted by Gasteiger charge is 2.05. The van der Waals surface area contributed by atoms with Crippen molar-refractivity contribution < 1.29 is 0 Å². The Morgan fingerprint density at radius 1 is 0.722 bits per heavy atom. The Bertz CT molecular complexity index is 276. The van der Waals surface area contributed by atoms with Crippen molar-refractivity contribution in [3.05, 3.63) is 35.4 Å². The van der Waals surface area contributed by atoms with E-state index in [1.54, 1.807) is 0 Å². The molecule has 0 nitrogen and oxygen atoms in total. The fraction of sp³-hybridized carbons (Fsp3) is 0.667. The van der Waals surface area contributed by atoms with Crippen molar-refractivity contribution in [3.8, 4) is 0 Å². The van der Waals surface area contributed by atoms with Gasteiger partial charge in [-0.3, -0.25) is 0 Å². The molecule has 0 aliphatic heterocycles. The molecule has 0 heterocycles. The molecule has 0 heteroatoms. The van der Waals surface area contributed by atoms with Crippen LogP contribution in [-0.2, 0) is 12.8 Å². The topological polar surface area (TPSA) is 0 Å². The Morgan fingerprint density at radius 2 is 1.06 bits per heavy atom. The highest BCUT2D eigenvalue weighted by molar-refractivity contribution is 5.23. The average molecular weight is 246 g/mol. The highest BCUT2D eigenvalue weighted by atomic mass is 14.1. The van der Waals surface area contributed by atoms with Crippen LogP contribution in [0.5, 0.6) is 0 Å². The van der Waals surface area contributed by atoms with Gasteiger partial charge in [-0.1, -0.05) is 77.6 Å². The number of rotatable bonds is 8. The first kappa shape index (κ1) is 15.3. The summed E-state index contributed by atoms with van der Waals surface area (Å²) in [6, 6.07) is 9.33. The molecule has 0 saturated heterocycles. The Balaban J connectivity index is 2.46. The van der Waals surface area contributed by atoms with E-state index in [2.05, 4.69) is 52.0 Å². The summed E-state index contributed by atoms with van der Waals surface area (Å²) in [4.78, 5) is 0. The SMILES string of the molecule is CCCC(C)Cc1ccc(CC(C)CCC)cc1. The van der Waals surface area contributed by atoms with E-state index in [4.69, 9.17) is 0 Å². The predicted molar refractivity (Wildman–Crippen MR) is 82.0 cm³/mol. The maximum atomic E-state index is 2.36. The van der Waals surface area contributed by atoms with Crippen LogP contribution in [0.15, 0.2) is 24.3 Å². The number of benzene rings is 1. The number of hydrogen-bond donors (Lipinski definition) is 0. The molecular formula is C18H30. The minimum Gasteiger partial charge on any atom is -0.0654 e. The van der Waals surface area contributed by atoms with E-state index in [1.165, 1.54) is 49.7 Å². The molecule has 0 aliphatic carbocycles. The fourth-order valence-electron chi connectivity index (χ4n) is 2.81. The molecule has 102 valence electrons. The third-order valence-corrected chi connectivity index (χ3v) is 3.75. The van der Waals surface area contributed by atoms with Crippen LogP contribution in [0.3, 0.4) is 0 Å². The molecule has 0 N–H and O–H groups in total. The van der Waals surface area contributed by atoms with Gasteiger partial charge in [0.1, 0.15) is 0 Å². The van der Waals surface area contributed by atoms with Gasteiger partial charge >= 0.3 is 0 Å². The molecule has 0 aliphatic rings. The molecule has 2 atom stereocenters. The zero-order valence-electron chi connectivity index (χ0n) is 12.7. The minimum atomic E-state index is 0.819.